The maximum Gasteiger partial charge on any atom is 0.261 e. The van der Waals surface area contributed by atoms with Crippen molar-refractivity contribution in [3.63, 3.8) is 0 Å². The largest absolute Gasteiger partial charge is 0.494 e. The number of carbonyl (C=O) groups excluding carboxylic acids is 1. The lowest BCUT2D eigenvalue weighted by atomic mass is 10.1. The maximum atomic E-state index is 13.8. The molecule has 0 bridgehead atoms. The SMILES string of the molecule is COc1ccc(Cl)c2sc(N(CCCN(C)C)C(=O)c3cccc(NS(=O)(=O)c4ccc(Cl)cc4)c3)nc12. The number of aromatic nitrogens is 1. The van der Waals surface area contributed by atoms with Crippen molar-refractivity contribution in [3.8, 4) is 5.75 Å². The molecule has 200 valence electrons. The second kappa shape index (κ2) is 11.9. The average Bonchev–Trinajstić information content (AvgIpc) is 3.33. The summed E-state index contributed by atoms with van der Waals surface area (Å²) in [4.78, 5) is 22.2. The Kier molecular flexibility index (Phi) is 8.79. The number of halogens is 2. The van der Waals surface area contributed by atoms with Gasteiger partial charge in [0.15, 0.2) is 5.13 Å². The Morgan fingerprint density at radius 1 is 1.05 bits per heavy atom. The van der Waals surface area contributed by atoms with Gasteiger partial charge in [-0.3, -0.25) is 14.4 Å². The number of hydrogen-bond donors (Lipinski definition) is 1. The molecule has 0 saturated heterocycles. The van der Waals surface area contributed by atoms with Crippen molar-refractivity contribution < 1.29 is 17.9 Å². The maximum absolute atomic E-state index is 13.8. The molecule has 1 amide bonds. The lowest BCUT2D eigenvalue weighted by Crippen LogP contribution is -2.33. The molecule has 0 saturated carbocycles. The molecule has 0 atom stereocenters. The van der Waals surface area contributed by atoms with E-state index in [0.29, 0.717) is 45.0 Å². The standard InChI is InChI=1S/C26H26Cl2N4O4S2/c1-31(2)14-5-15-32(26-29-23-22(36-3)13-12-21(28)24(23)37-26)25(33)17-6-4-7-19(16-17)30-38(34,35)20-10-8-18(27)9-11-20/h4,6-13,16,30H,5,14-15H2,1-3H3. The van der Waals surface area contributed by atoms with Crippen LogP contribution in [0.15, 0.2) is 65.6 Å². The molecule has 12 heteroatoms. The average molecular weight is 594 g/mol. The van der Waals surface area contributed by atoms with Crippen LogP contribution < -0.4 is 14.4 Å². The van der Waals surface area contributed by atoms with Crippen LogP contribution >= 0.6 is 34.5 Å². The monoisotopic (exact) mass is 592 g/mol. The first-order valence-corrected chi connectivity index (χ1v) is 14.6. The molecular formula is C26H26Cl2N4O4S2. The number of carbonyl (C=O) groups is 1. The summed E-state index contributed by atoms with van der Waals surface area (Å²) in [5.41, 5.74) is 1.14. The van der Waals surface area contributed by atoms with Gasteiger partial charge in [-0.05, 0) is 81.7 Å². The van der Waals surface area contributed by atoms with Crippen molar-refractivity contribution in [1.82, 2.24) is 9.88 Å². The summed E-state index contributed by atoms with van der Waals surface area (Å²) in [7, 11) is 1.60. The van der Waals surface area contributed by atoms with Crippen LogP contribution in [0, 0.1) is 0 Å². The van der Waals surface area contributed by atoms with Crippen molar-refractivity contribution in [2.75, 3.05) is 43.9 Å². The highest BCUT2D eigenvalue weighted by Crippen LogP contribution is 2.39. The van der Waals surface area contributed by atoms with Crippen LogP contribution in [0.5, 0.6) is 5.75 Å². The van der Waals surface area contributed by atoms with Gasteiger partial charge in [0.2, 0.25) is 0 Å². The highest BCUT2D eigenvalue weighted by molar-refractivity contribution is 7.92. The Bertz CT molecular complexity index is 1560. The second-order valence-electron chi connectivity index (χ2n) is 8.68. The molecule has 0 aliphatic rings. The second-order valence-corrected chi connectivity index (χ2v) is 12.2. The molecule has 0 aliphatic carbocycles. The summed E-state index contributed by atoms with van der Waals surface area (Å²) in [5, 5.41) is 1.42. The van der Waals surface area contributed by atoms with Crippen molar-refractivity contribution in [3.05, 3.63) is 76.3 Å². The number of amides is 1. The van der Waals surface area contributed by atoms with Crippen LogP contribution in [-0.4, -0.2) is 58.5 Å². The first-order chi connectivity index (χ1) is 18.1. The topological polar surface area (TPSA) is 91.8 Å². The Balaban J connectivity index is 1.67. The minimum Gasteiger partial charge on any atom is -0.494 e. The fraction of sp³-hybridized carbons (Fsp3) is 0.231. The Labute approximate surface area is 235 Å². The first kappa shape index (κ1) is 28.1. The van der Waals surface area contributed by atoms with Crippen molar-refractivity contribution in [2.24, 2.45) is 0 Å². The molecule has 38 heavy (non-hydrogen) atoms. The van der Waals surface area contributed by atoms with Gasteiger partial charge in [0, 0.05) is 22.8 Å². The molecule has 1 N–H and O–H groups in total. The first-order valence-electron chi connectivity index (χ1n) is 11.6. The lowest BCUT2D eigenvalue weighted by Gasteiger charge is -2.21. The number of nitrogens with one attached hydrogen (secondary N) is 1. The van der Waals surface area contributed by atoms with Gasteiger partial charge in [0.25, 0.3) is 15.9 Å². The van der Waals surface area contributed by atoms with Crippen LogP contribution in [0.25, 0.3) is 10.2 Å². The highest BCUT2D eigenvalue weighted by Gasteiger charge is 2.24. The summed E-state index contributed by atoms with van der Waals surface area (Å²) in [6.07, 6.45) is 0.697. The van der Waals surface area contributed by atoms with E-state index in [1.165, 1.54) is 41.7 Å². The van der Waals surface area contributed by atoms with E-state index in [-0.39, 0.29) is 16.5 Å². The number of sulfonamides is 1. The predicted molar refractivity (Wildman–Crippen MR) is 155 cm³/mol. The summed E-state index contributed by atoms with van der Waals surface area (Å²) >= 11 is 13.6. The van der Waals surface area contributed by atoms with Gasteiger partial charge in [-0.25, -0.2) is 13.4 Å². The number of rotatable bonds is 10. The molecule has 0 aliphatic heterocycles. The van der Waals surface area contributed by atoms with Crippen LogP contribution in [0.4, 0.5) is 10.8 Å². The zero-order chi connectivity index (χ0) is 27.4. The number of anilines is 2. The Morgan fingerprint density at radius 3 is 2.47 bits per heavy atom. The van der Waals surface area contributed by atoms with Crippen LogP contribution in [0.3, 0.4) is 0 Å². The van der Waals surface area contributed by atoms with E-state index in [0.717, 1.165) is 11.2 Å². The molecule has 0 fully saturated rings. The van der Waals surface area contributed by atoms with Crippen LogP contribution in [0.2, 0.25) is 10.0 Å². The van der Waals surface area contributed by atoms with Gasteiger partial charge < -0.3 is 9.64 Å². The molecule has 8 nitrogen and oxygen atoms in total. The quantitative estimate of drug-likeness (QED) is 0.242. The van der Waals surface area contributed by atoms with E-state index in [9.17, 15) is 13.2 Å². The molecule has 4 rings (SSSR count). The van der Waals surface area contributed by atoms with E-state index in [1.54, 1.807) is 42.3 Å². The molecule has 0 radical (unpaired) electrons. The molecule has 4 aromatic rings. The van der Waals surface area contributed by atoms with E-state index >= 15 is 0 Å². The normalized spacial score (nSPS) is 11.6. The van der Waals surface area contributed by atoms with Gasteiger partial charge in [-0.2, -0.15) is 0 Å². The van der Waals surface area contributed by atoms with Gasteiger partial charge in [0.05, 0.1) is 21.7 Å². The van der Waals surface area contributed by atoms with E-state index in [2.05, 4.69) is 4.72 Å². The van der Waals surface area contributed by atoms with Crippen molar-refractivity contribution >= 4 is 71.5 Å². The van der Waals surface area contributed by atoms with Crippen LogP contribution in [-0.2, 0) is 10.0 Å². The third kappa shape index (κ3) is 6.39. The minimum atomic E-state index is -3.88. The molecular weight excluding hydrogens is 567 g/mol. The number of thiazole rings is 1. The summed E-state index contributed by atoms with van der Waals surface area (Å²) < 4.78 is 34.4. The minimum absolute atomic E-state index is 0.0595. The fourth-order valence-corrected chi connectivity index (χ4v) is 6.21. The molecule has 1 heterocycles. The number of fused-ring (bicyclic) bond motifs is 1. The molecule has 1 aromatic heterocycles. The summed E-state index contributed by atoms with van der Waals surface area (Å²) in [6, 6.07) is 15.7. The van der Waals surface area contributed by atoms with Crippen LogP contribution in [0.1, 0.15) is 16.8 Å². The Hall–Kier alpha value is -2.89. The lowest BCUT2D eigenvalue weighted by molar-refractivity contribution is 0.0986. The fourth-order valence-electron chi connectivity index (χ4n) is 3.75. The Morgan fingerprint density at radius 2 is 1.79 bits per heavy atom. The molecule has 3 aromatic carbocycles. The van der Waals surface area contributed by atoms with E-state index in [1.807, 2.05) is 19.0 Å². The van der Waals surface area contributed by atoms with E-state index < -0.39 is 10.0 Å². The molecule has 0 spiro atoms. The summed E-state index contributed by atoms with van der Waals surface area (Å²) in [6.45, 7) is 1.16. The predicted octanol–water partition coefficient (Wildman–Crippen LogP) is 6.01. The zero-order valence-corrected chi connectivity index (χ0v) is 24.1. The summed E-state index contributed by atoms with van der Waals surface area (Å²) in [5.74, 6) is 0.247. The van der Waals surface area contributed by atoms with Crippen molar-refractivity contribution in [2.45, 2.75) is 11.3 Å². The third-order valence-electron chi connectivity index (χ3n) is 5.62. The van der Waals surface area contributed by atoms with Gasteiger partial charge in [0.1, 0.15) is 11.3 Å². The number of methoxy groups -OCH3 is 1. The number of ether oxygens (including phenoxy) is 1. The number of benzene rings is 3. The van der Waals surface area contributed by atoms with Gasteiger partial charge in [-0.1, -0.05) is 40.6 Å². The van der Waals surface area contributed by atoms with Gasteiger partial charge in [-0.15, -0.1) is 0 Å². The van der Waals surface area contributed by atoms with Crippen molar-refractivity contribution in [1.29, 1.82) is 0 Å². The number of hydrogen-bond acceptors (Lipinski definition) is 7. The smallest absolute Gasteiger partial charge is 0.261 e. The third-order valence-corrected chi connectivity index (χ3v) is 8.80. The highest BCUT2D eigenvalue weighted by atomic mass is 35.5. The van der Waals surface area contributed by atoms with E-state index in [4.69, 9.17) is 32.9 Å². The van der Waals surface area contributed by atoms with Gasteiger partial charge >= 0.3 is 0 Å². The zero-order valence-electron chi connectivity index (χ0n) is 20.9. The number of nitrogens with zero attached hydrogens (tertiary/aromatic N) is 3. The molecule has 0 unspecified atom stereocenters.